The molecule has 0 aromatic carbocycles. The maximum atomic E-state index is 10.7. The summed E-state index contributed by atoms with van der Waals surface area (Å²) in [6, 6.07) is 0. The normalized spacial score (nSPS) is 28.6. The van der Waals surface area contributed by atoms with Gasteiger partial charge in [-0.2, -0.15) is 0 Å². The smallest absolute Gasteiger partial charge is 0.122 e. The molecule has 0 unspecified atom stereocenters. The predicted octanol–water partition coefficient (Wildman–Crippen LogP) is -1.11. The quantitative estimate of drug-likeness (QED) is 0.735. The summed E-state index contributed by atoms with van der Waals surface area (Å²) in [7, 11) is 2.03. The van der Waals surface area contributed by atoms with Crippen molar-refractivity contribution in [3.8, 4) is 0 Å². The summed E-state index contributed by atoms with van der Waals surface area (Å²) < 4.78 is 7.57. The van der Waals surface area contributed by atoms with Crippen molar-refractivity contribution in [1.29, 1.82) is 0 Å². The lowest BCUT2D eigenvalue weighted by Crippen LogP contribution is -2.55. The lowest BCUT2D eigenvalue weighted by atomic mass is 10.0. The minimum atomic E-state index is -0.766. The fourth-order valence-electron chi connectivity index (χ4n) is 3.15. The number of β-amino-alcohol motifs (C(OH)–C–C–N with tert-alkyl or cyclic N) is 1. The Kier molecular flexibility index (Phi) is 5.10. The van der Waals surface area contributed by atoms with Crippen LogP contribution in [0.15, 0.2) is 12.4 Å². The molecule has 0 amide bonds. The summed E-state index contributed by atoms with van der Waals surface area (Å²) in [5.74, 6) is 1.11. The van der Waals surface area contributed by atoms with Gasteiger partial charge in [0.25, 0.3) is 0 Å². The van der Waals surface area contributed by atoms with Crippen LogP contribution in [-0.2, 0) is 18.3 Å². The molecule has 0 spiro atoms. The number of nitrogens with zero attached hydrogens (tertiary/aromatic N) is 4. The minimum absolute atomic E-state index is 0.424. The van der Waals surface area contributed by atoms with Gasteiger partial charge in [0.05, 0.1) is 19.8 Å². The monoisotopic (exact) mass is 309 g/mol. The molecule has 1 aromatic heterocycles. The van der Waals surface area contributed by atoms with E-state index in [2.05, 4.69) is 24.7 Å². The zero-order valence-electron chi connectivity index (χ0n) is 13.4. The van der Waals surface area contributed by atoms with Crippen LogP contribution < -0.4 is 5.32 Å². The van der Waals surface area contributed by atoms with Gasteiger partial charge in [0.15, 0.2) is 0 Å². The second-order valence-corrected chi connectivity index (χ2v) is 6.46. The Bertz CT molecular complexity index is 462. The molecule has 2 fully saturated rings. The predicted molar refractivity (Wildman–Crippen MR) is 83.6 cm³/mol. The van der Waals surface area contributed by atoms with Crippen molar-refractivity contribution in [2.45, 2.75) is 12.1 Å². The third kappa shape index (κ3) is 4.05. The number of aliphatic hydroxyl groups is 1. The summed E-state index contributed by atoms with van der Waals surface area (Å²) in [6.45, 7) is 8.09. The highest BCUT2D eigenvalue weighted by atomic mass is 16.5. The molecule has 2 aliphatic heterocycles. The summed E-state index contributed by atoms with van der Waals surface area (Å²) >= 11 is 0. The Morgan fingerprint density at radius 3 is 2.82 bits per heavy atom. The van der Waals surface area contributed by atoms with Crippen LogP contribution in [0.3, 0.4) is 0 Å². The average Bonchev–Trinajstić information content (AvgIpc) is 2.78. The molecule has 0 aliphatic carbocycles. The number of aryl methyl sites for hydroxylation is 1. The third-order valence-electron chi connectivity index (χ3n) is 4.52. The Morgan fingerprint density at radius 2 is 2.09 bits per heavy atom. The van der Waals surface area contributed by atoms with Crippen LogP contribution in [0.25, 0.3) is 0 Å². The fourth-order valence-corrected chi connectivity index (χ4v) is 3.15. The summed E-state index contributed by atoms with van der Waals surface area (Å²) in [5, 5.41) is 13.9. The molecule has 1 atom stereocenters. The molecule has 3 rings (SSSR count). The van der Waals surface area contributed by atoms with E-state index in [0.717, 1.165) is 45.1 Å². The number of hydrogen-bond donors (Lipinski definition) is 2. The van der Waals surface area contributed by atoms with Crippen molar-refractivity contribution < 1.29 is 9.84 Å². The highest BCUT2D eigenvalue weighted by molar-refractivity contribution is 4.93. The van der Waals surface area contributed by atoms with Crippen LogP contribution in [0.1, 0.15) is 5.82 Å². The van der Waals surface area contributed by atoms with E-state index < -0.39 is 5.60 Å². The molecule has 22 heavy (non-hydrogen) atoms. The SMILES string of the molecule is Cn1ccnc1CN1CCN(C[C@@]2(O)CNCCOC2)CC1. The molecule has 2 N–H and O–H groups in total. The van der Waals surface area contributed by atoms with Gasteiger partial charge in [-0.1, -0.05) is 0 Å². The van der Waals surface area contributed by atoms with Gasteiger partial charge >= 0.3 is 0 Å². The summed E-state index contributed by atoms with van der Waals surface area (Å²) in [5.41, 5.74) is -0.766. The molecule has 7 heteroatoms. The lowest BCUT2D eigenvalue weighted by Gasteiger charge is -2.38. The highest BCUT2D eigenvalue weighted by Crippen LogP contribution is 2.13. The number of piperazine rings is 1. The van der Waals surface area contributed by atoms with Crippen LogP contribution in [0, 0.1) is 0 Å². The molecule has 1 aromatic rings. The van der Waals surface area contributed by atoms with Crippen LogP contribution in [0.5, 0.6) is 0 Å². The molecule has 0 bridgehead atoms. The first-order valence-electron chi connectivity index (χ1n) is 8.06. The van der Waals surface area contributed by atoms with Gasteiger partial charge < -0.3 is 19.7 Å². The van der Waals surface area contributed by atoms with Crippen LogP contribution in [0.2, 0.25) is 0 Å². The van der Waals surface area contributed by atoms with Crippen LogP contribution >= 0.6 is 0 Å². The Morgan fingerprint density at radius 1 is 1.32 bits per heavy atom. The average molecular weight is 309 g/mol. The molecule has 7 nitrogen and oxygen atoms in total. The van der Waals surface area contributed by atoms with Gasteiger partial charge in [-0.3, -0.25) is 9.80 Å². The van der Waals surface area contributed by atoms with Crippen molar-refractivity contribution in [2.24, 2.45) is 7.05 Å². The zero-order valence-corrected chi connectivity index (χ0v) is 13.4. The number of hydrogen-bond acceptors (Lipinski definition) is 6. The minimum Gasteiger partial charge on any atom is -0.385 e. The molecule has 3 heterocycles. The maximum Gasteiger partial charge on any atom is 0.122 e. The van der Waals surface area contributed by atoms with Gasteiger partial charge in [0.1, 0.15) is 11.4 Å². The van der Waals surface area contributed by atoms with E-state index in [-0.39, 0.29) is 0 Å². The van der Waals surface area contributed by atoms with E-state index >= 15 is 0 Å². The van der Waals surface area contributed by atoms with Crippen LogP contribution in [0.4, 0.5) is 0 Å². The molecule has 124 valence electrons. The van der Waals surface area contributed by atoms with E-state index in [9.17, 15) is 5.11 Å². The van der Waals surface area contributed by atoms with E-state index in [1.54, 1.807) is 0 Å². The largest absolute Gasteiger partial charge is 0.385 e. The van der Waals surface area contributed by atoms with Gasteiger partial charge in [-0.05, 0) is 0 Å². The van der Waals surface area contributed by atoms with Crippen LogP contribution in [-0.4, -0.2) is 89.1 Å². The molecular formula is C15H27N5O2. The number of ether oxygens (including phenoxy) is 1. The molecule has 0 radical (unpaired) electrons. The van der Waals surface area contributed by atoms with Crippen molar-refractivity contribution in [1.82, 2.24) is 24.7 Å². The summed E-state index contributed by atoms with van der Waals surface area (Å²) in [4.78, 5) is 9.15. The molecule has 2 aliphatic rings. The highest BCUT2D eigenvalue weighted by Gasteiger charge is 2.32. The van der Waals surface area contributed by atoms with E-state index in [4.69, 9.17) is 4.74 Å². The van der Waals surface area contributed by atoms with Gasteiger partial charge in [0, 0.05) is 65.3 Å². The number of rotatable bonds is 4. The van der Waals surface area contributed by atoms with Crippen molar-refractivity contribution in [3.63, 3.8) is 0 Å². The summed E-state index contributed by atoms with van der Waals surface area (Å²) in [6.07, 6.45) is 3.83. The topological polar surface area (TPSA) is 65.8 Å². The number of aromatic nitrogens is 2. The second kappa shape index (κ2) is 7.06. The maximum absolute atomic E-state index is 10.7. The molecule has 0 saturated carbocycles. The zero-order chi connectivity index (χ0) is 15.4. The standard InChI is InChI=1S/C15H27N5O2/c1-18-4-2-17-14(18)10-19-5-7-20(8-6-19)12-15(21)11-16-3-9-22-13-15/h2,4,16,21H,3,5-13H2,1H3/t15-/m0/s1. The second-order valence-electron chi connectivity index (χ2n) is 6.46. The Balaban J connectivity index is 1.46. The Labute approximate surface area is 131 Å². The first-order valence-corrected chi connectivity index (χ1v) is 8.06. The van der Waals surface area contributed by atoms with Gasteiger partial charge in [0.2, 0.25) is 0 Å². The molecule has 2 saturated heterocycles. The van der Waals surface area contributed by atoms with Gasteiger partial charge in [-0.15, -0.1) is 0 Å². The molecular weight excluding hydrogens is 282 g/mol. The van der Waals surface area contributed by atoms with E-state index in [1.165, 1.54) is 0 Å². The number of nitrogens with one attached hydrogen (secondary N) is 1. The van der Waals surface area contributed by atoms with Crippen molar-refractivity contribution in [3.05, 3.63) is 18.2 Å². The Hall–Kier alpha value is -0.990. The lowest BCUT2D eigenvalue weighted by molar-refractivity contribution is -0.0555. The number of imidazole rings is 1. The van der Waals surface area contributed by atoms with Crippen molar-refractivity contribution >= 4 is 0 Å². The third-order valence-corrected chi connectivity index (χ3v) is 4.52. The van der Waals surface area contributed by atoms with E-state index in [1.807, 2.05) is 19.4 Å². The van der Waals surface area contributed by atoms with Gasteiger partial charge in [-0.25, -0.2) is 4.98 Å². The fraction of sp³-hybridized carbons (Fsp3) is 0.800. The van der Waals surface area contributed by atoms with E-state index in [0.29, 0.717) is 26.3 Å². The van der Waals surface area contributed by atoms with Crippen molar-refractivity contribution in [2.75, 3.05) is 59.0 Å². The first-order chi connectivity index (χ1) is 10.6. The first kappa shape index (κ1) is 15.9.